The van der Waals surface area contributed by atoms with E-state index in [-0.39, 0.29) is 12.4 Å². The molecule has 0 saturated carbocycles. The van der Waals surface area contributed by atoms with Crippen molar-refractivity contribution in [1.82, 2.24) is 0 Å². The summed E-state index contributed by atoms with van der Waals surface area (Å²) < 4.78 is 10.3. The molecule has 1 atom stereocenters. The maximum atomic E-state index is 12.3. The van der Waals surface area contributed by atoms with Crippen LogP contribution in [0, 0.1) is 11.3 Å². The van der Waals surface area contributed by atoms with Crippen LogP contribution >= 0.6 is 0 Å². The number of rotatable bonds is 4. The van der Waals surface area contributed by atoms with Crippen LogP contribution in [-0.2, 0) is 19.1 Å². The van der Waals surface area contributed by atoms with Crippen molar-refractivity contribution in [3.05, 3.63) is 47.7 Å². The second kappa shape index (κ2) is 6.77. The molecule has 5 heteroatoms. The molecule has 1 unspecified atom stereocenters. The quantitative estimate of drug-likeness (QED) is 0.631. The van der Waals surface area contributed by atoms with Crippen molar-refractivity contribution in [2.75, 3.05) is 6.61 Å². The Bertz CT molecular complexity index is 643. The van der Waals surface area contributed by atoms with E-state index in [0.29, 0.717) is 12.0 Å². The summed E-state index contributed by atoms with van der Waals surface area (Å²) in [6.45, 7) is 5.49. The standard InChI is InChI=1S/C18H20O5/c1-4-22-17(21)15-14(19)10-13(11-18(15,2)3)23-16(20)12-8-6-5-7-9-12/h5-10,15H,4,11H2,1-3H3. The van der Waals surface area contributed by atoms with E-state index in [1.54, 1.807) is 51.1 Å². The van der Waals surface area contributed by atoms with Gasteiger partial charge in [0.1, 0.15) is 11.7 Å². The molecule has 0 aromatic heterocycles. The lowest BCUT2D eigenvalue weighted by molar-refractivity contribution is -0.156. The predicted octanol–water partition coefficient (Wildman–Crippen LogP) is 2.91. The van der Waals surface area contributed by atoms with Crippen molar-refractivity contribution in [3.8, 4) is 0 Å². The molecule has 1 aliphatic rings. The molecule has 0 fully saturated rings. The third-order valence-corrected chi connectivity index (χ3v) is 3.75. The highest BCUT2D eigenvalue weighted by molar-refractivity contribution is 6.07. The monoisotopic (exact) mass is 316 g/mol. The van der Waals surface area contributed by atoms with E-state index in [1.807, 2.05) is 0 Å². The number of ketones is 1. The minimum atomic E-state index is -0.873. The van der Waals surface area contributed by atoms with Gasteiger partial charge in [0, 0.05) is 12.5 Å². The zero-order valence-corrected chi connectivity index (χ0v) is 13.5. The largest absolute Gasteiger partial charge is 0.465 e. The summed E-state index contributed by atoms with van der Waals surface area (Å²) in [4.78, 5) is 36.4. The summed E-state index contributed by atoms with van der Waals surface area (Å²) >= 11 is 0. The lowest BCUT2D eigenvalue weighted by atomic mass is 9.70. The molecule has 0 aliphatic heterocycles. The Kier molecular flexibility index (Phi) is 4.98. The third-order valence-electron chi connectivity index (χ3n) is 3.75. The molecule has 0 heterocycles. The molecule has 0 N–H and O–H groups in total. The molecular formula is C18H20O5. The Balaban J connectivity index is 2.17. The zero-order valence-electron chi connectivity index (χ0n) is 13.5. The Labute approximate surface area is 135 Å². The first-order valence-corrected chi connectivity index (χ1v) is 7.53. The number of hydrogen-bond acceptors (Lipinski definition) is 5. The Hall–Kier alpha value is -2.43. The number of esters is 2. The Morgan fingerprint density at radius 3 is 2.43 bits per heavy atom. The fourth-order valence-electron chi connectivity index (χ4n) is 2.71. The van der Waals surface area contributed by atoms with Crippen LogP contribution < -0.4 is 0 Å². The summed E-state index contributed by atoms with van der Waals surface area (Å²) in [5.74, 6) is -2.05. The number of benzene rings is 1. The van der Waals surface area contributed by atoms with Crippen molar-refractivity contribution < 1.29 is 23.9 Å². The Morgan fingerprint density at radius 2 is 1.87 bits per heavy atom. The van der Waals surface area contributed by atoms with Crippen LogP contribution in [0.4, 0.5) is 0 Å². The van der Waals surface area contributed by atoms with Crippen molar-refractivity contribution in [3.63, 3.8) is 0 Å². The van der Waals surface area contributed by atoms with Gasteiger partial charge in [-0.15, -0.1) is 0 Å². The first kappa shape index (κ1) is 16.9. The average Bonchev–Trinajstić information content (AvgIpc) is 2.46. The molecule has 1 aromatic rings. The van der Waals surface area contributed by atoms with Crippen molar-refractivity contribution in [2.24, 2.45) is 11.3 Å². The molecule has 1 aromatic carbocycles. The molecule has 0 saturated heterocycles. The van der Waals surface area contributed by atoms with E-state index >= 15 is 0 Å². The smallest absolute Gasteiger partial charge is 0.343 e. The summed E-state index contributed by atoms with van der Waals surface area (Å²) in [5.41, 5.74) is -0.268. The highest BCUT2D eigenvalue weighted by Gasteiger charge is 2.45. The molecule has 5 nitrogen and oxygen atoms in total. The molecule has 2 rings (SSSR count). The summed E-state index contributed by atoms with van der Waals surface area (Å²) in [6, 6.07) is 8.54. The van der Waals surface area contributed by atoms with Crippen LogP contribution in [0.2, 0.25) is 0 Å². The molecular weight excluding hydrogens is 296 g/mol. The van der Waals surface area contributed by atoms with E-state index in [0.717, 1.165) is 0 Å². The zero-order chi connectivity index (χ0) is 17.0. The Morgan fingerprint density at radius 1 is 1.22 bits per heavy atom. The van der Waals surface area contributed by atoms with Crippen molar-refractivity contribution in [1.29, 1.82) is 0 Å². The van der Waals surface area contributed by atoms with Crippen molar-refractivity contribution in [2.45, 2.75) is 27.2 Å². The van der Waals surface area contributed by atoms with Gasteiger partial charge in [-0.25, -0.2) is 4.79 Å². The highest BCUT2D eigenvalue weighted by atomic mass is 16.5. The molecule has 122 valence electrons. The second-order valence-electron chi connectivity index (χ2n) is 6.12. The summed E-state index contributed by atoms with van der Waals surface area (Å²) in [7, 11) is 0. The topological polar surface area (TPSA) is 69.7 Å². The predicted molar refractivity (Wildman–Crippen MR) is 83.5 cm³/mol. The van der Waals surface area contributed by atoms with Crippen LogP contribution in [0.5, 0.6) is 0 Å². The van der Waals surface area contributed by atoms with E-state index in [9.17, 15) is 14.4 Å². The van der Waals surface area contributed by atoms with E-state index < -0.39 is 29.1 Å². The molecule has 0 amide bonds. The SMILES string of the molecule is CCOC(=O)C1C(=O)C=C(OC(=O)c2ccccc2)CC1(C)C. The maximum absolute atomic E-state index is 12.3. The van der Waals surface area contributed by atoms with E-state index in [2.05, 4.69) is 0 Å². The number of hydrogen-bond donors (Lipinski definition) is 0. The number of carbonyl (C=O) groups is 3. The van der Waals surface area contributed by atoms with E-state index in [1.165, 1.54) is 6.08 Å². The normalized spacial score (nSPS) is 19.7. The van der Waals surface area contributed by atoms with Gasteiger partial charge in [-0.3, -0.25) is 9.59 Å². The molecule has 0 spiro atoms. The summed E-state index contributed by atoms with van der Waals surface area (Å²) in [5, 5.41) is 0. The van der Waals surface area contributed by atoms with Gasteiger partial charge in [-0.1, -0.05) is 32.0 Å². The van der Waals surface area contributed by atoms with Gasteiger partial charge < -0.3 is 9.47 Å². The van der Waals surface area contributed by atoms with Crippen LogP contribution in [0.3, 0.4) is 0 Å². The number of carbonyl (C=O) groups excluding carboxylic acids is 3. The number of allylic oxidation sites excluding steroid dienone is 2. The average molecular weight is 316 g/mol. The molecule has 1 aliphatic carbocycles. The fraction of sp³-hybridized carbons (Fsp3) is 0.389. The fourth-order valence-corrected chi connectivity index (χ4v) is 2.71. The lowest BCUT2D eigenvalue weighted by Gasteiger charge is -2.34. The van der Waals surface area contributed by atoms with Gasteiger partial charge in [-0.05, 0) is 24.5 Å². The van der Waals surface area contributed by atoms with Gasteiger partial charge >= 0.3 is 11.9 Å². The van der Waals surface area contributed by atoms with Gasteiger partial charge in [0.15, 0.2) is 5.78 Å². The first-order valence-electron chi connectivity index (χ1n) is 7.53. The minimum absolute atomic E-state index is 0.220. The van der Waals surface area contributed by atoms with Gasteiger partial charge in [-0.2, -0.15) is 0 Å². The van der Waals surface area contributed by atoms with Crippen LogP contribution in [0.1, 0.15) is 37.6 Å². The highest BCUT2D eigenvalue weighted by Crippen LogP contribution is 2.40. The first-order chi connectivity index (χ1) is 10.8. The van der Waals surface area contributed by atoms with Crippen LogP contribution in [0.25, 0.3) is 0 Å². The molecule has 23 heavy (non-hydrogen) atoms. The third kappa shape index (κ3) is 3.86. The number of ether oxygens (including phenoxy) is 2. The lowest BCUT2D eigenvalue weighted by Crippen LogP contribution is -2.41. The second-order valence-corrected chi connectivity index (χ2v) is 6.12. The maximum Gasteiger partial charge on any atom is 0.343 e. The van der Waals surface area contributed by atoms with Gasteiger partial charge in [0.05, 0.1) is 12.2 Å². The molecule has 0 radical (unpaired) electrons. The van der Waals surface area contributed by atoms with E-state index in [4.69, 9.17) is 9.47 Å². The van der Waals surface area contributed by atoms with Gasteiger partial charge in [0.2, 0.25) is 0 Å². The minimum Gasteiger partial charge on any atom is -0.465 e. The molecule has 0 bridgehead atoms. The van der Waals surface area contributed by atoms with Crippen LogP contribution in [-0.4, -0.2) is 24.3 Å². The summed E-state index contributed by atoms with van der Waals surface area (Å²) in [6.07, 6.45) is 1.54. The van der Waals surface area contributed by atoms with Gasteiger partial charge in [0.25, 0.3) is 0 Å². The van der Waals surface area contributed by atoms with Crippen molar-refractivity contribution >= 4 is 17.7 Å². The van der Waals surface area contributed by atoms with Crippen LogP contribution in [0.15, 0.2) is 42.2 Å².